The lowest BCUT2D eigenvalue weighted by Crippen LogP contribution is -2.62. The van der Waals surface area contributed by atoms with Crippen LogP contribution in [0.15, 0.2) is 75.5 Å². The lowest BCUT2D eigenvalue weighted by molar-refractivity contribution is -0.280. The number of hydrogen-bond acceptors (Lipinski definition) is 33. The maximum Gasteiger partial charge on any atom is 0.358 e. The molecule has 40 heteroatoms. The standard InChI is InChI=1S/C66H66N16O18S6/c1-26(83)43-57(90)78-44(27(2)95-7)60-73-37(24-104-60)55(88)79-47-49-50(100-41-16-66(4,93)51(81(5)6)28(3)99-41)65(92)97-18-29-9-8-10-39-42(29)32(19-96-49)48(82(39)94)64(91)98-20-33(70-53(86)35-23-106-62(47)75-35)59-71-34(21-103-59)45-31(58-72-36(22-102-58)54(87)77-43)15-40(84)46(76-45)61-74-38(25-105-61)56(89)80-63(52(67)85)101-14-11-30-17-68-12-13-69-30/h8-10,12-13,15,17,21-26,28,33,41,43,47,49-51,63,83-84,93-94H,11,14,16,18-20H2,1-7H3,(H2,67,85)(H,70,86)(H,77,87)(H,78,90)(H,79,88)(H,80,89)/b44-27+/t26-,28+,33+,41+,43?,47+,49+,50+,51-,63?,66+/m1/s1. The van der Waals surface area contributed by atoms with Crippen LogP contribution >= 0.6 is 68.4 Å². The summed E-state index contributed by atoms with van der Waals surface area (Å²) in [5.41, 5.74) is 3.52. The number of nitrogens with one attached hydrogen (secondary N) is 5. The zero-order chi connectivity index (χ0) is 75.2. The largest absolute Gasteiger partial charge is 0.506 e. The normalized spacial score (nSPS) is 23.4. The van der Waals surface area contributed by atoms with E-state index in [-0.39, 0.29) is 105 Å². The first-order chi connectivity index (χ1) is 50.7. The minimum atomic E-state index is -1.92. The van der Waals surface area contributed by atoms with Crippen molar-refractivity contribution in [2.45, 2.75) is 120 Å². The SMILES string of the molecule is CO/C(C)=C1/NC(=O)C([C@@H](C)O)NC(=O)c2csc(n2)-c2cc(O)c(-c3nc(C(=O)NC(SCCc4cnccn4)C(N)=O)cs3)nc2-c2csc(n2)[C@@H]2COC(=O)c3c4c5c(cccc5n3O)COC(=O)[C@@H](O[C@H]3C[C@](C)(O)[C@H](N(C)C)[C@H](C)O3)[C@@H](OC4)[C@H](NC(=O)c3csc1n3)c1nc(cs1)C(=O)N2. The number of likely N-dealkylation sites (N-methyl/N-ethyl adjacent to an activating group) is 1. The first-order valence-corrected chi connectivity index (χ1v) is 37.8. The Kier molecular flexibility index (Phi) is 21.7. The summed E-state index contributed by atoms with van der Waals surface area (Å²) in [4.78, 5) is 154. The Morgan fingerprint density at radius 3 is 2.29 bits per heavy atom. The van der Waals surface area contributed by atoms with Gasteiger partial charge in [-0.2, -0.15) is 4.73 Å². The molecule has 0 radical (unpaired) electrons. The molecule has 1 fully saturated rings. The third-order valence-electron chi connectivity index (χ3n) is 17.5. The van der Waals surface area contributed by atoms with Crippen LogP contribution in [0.3, 0.4) is 0 Å². The highest BCUT2D eigenvalue weighted by atomic mass is 32.2. The van der Waals surface area contributed by atoms with Crippen LogP contribution in [0.2, 0.25) is 0 Å². The molecule has 12 heterocycles. The molecule has 13 rings (SSSR count). The highest BCUT2D eigenvalue weighted by molar-refractivity contribution is 8.00. The maximum atomic E-state index is 15.2. The Hall–Kier alpha value is -9.85. The molecule has 0 saturated carbocycles. The second kappa shape index (κ2) is 30.9. The van der Waals surface area contributed by atoms with Gasteiger partial charge >= 0.3 is 11.9 Å². The van der Waals surface area contributed by atoms with Gasteiger partial charge in [0.2, 0.25) is 5.91 Å². The third kappa shape index (κ3) is 15.3. The molecule has 0 spiro atoms. The van der Waals surface area contributed by atoms with Gasteiger partial charge in [0.05, 0.1) is 48.8 Å². The van der Waals surface area contributed by atoms with Gasteiger partial charge in [-0.3, -0.25) is 38.7 Å². The molecule has 11 N–H and O–H groups in total. The summed E-state index contributed by atoms with van der Waals surface area (Å²) in [5.74, 6) is -7.72. The summed E-state index contributed by atoms with van der Waals surface area (Å²) in [6.07, 6.45) is -2.57. The maximum absolute atomic E-state index is 15.2. The molecule has 6 amide bonds. The number of aryl methyl sites for hydroxylation is 1. The average Bonchev–Trinajstić information content (AvgIpc) is 1.81. The molecule has 34 nitrogen and oxygen atoms in total. The molecule has 554 valence electrons. The zero-order valence-corrected chi connectivity index (χ0v) is 61.8. The number of carbonyl (C=O) groups is 8. The van der Waals surface area contributed by atoms with Crippen molar-refractivity contribution >= 4 is 132 Å². The Bertz CT molecular complexity index is 4960. The highest BCUT2D eigenvalue weighted by Crippen LogP contribution is 2.43. The van der Waals surface area contributed by atoms with E-state index in [1.165, 1.54) is 72.4 Å². The number of pyridine rings is 1. The van der Waals surface area contributed by atoms with Crippen LogP contribution in [0.25, 0.3) is 49.3 Å². The number of carbonyl (C=O) groups excluding carboxylic acids is 8. The molecule has 1 aromatic carbocycles. The van der Waals surface area contributed by atoms with E-state index < -0.39 is 144 Å². The number of nitrogens with two attached hydrogens (primary N) is 1. The van der Waals surface area contributed by atoms with Gasteiger partial charge in [-0.05, 0) is 59.5 Å². The van der Waals surface area contributed by atoms with E-state index in [1.807, 2.05) is 0 Å². The molecular weight excluding hydrogens is 1500 g/mol. The summed E-state index contributed by atoms with van der Waals surface area (Å²) in [6, 6.07) is 0.624. The van der Waals surface area contributed by atoms with Gasteiger partial charge in [-0.15, -0.1) is 68.4 Å². The van der Waals surface area contributed by atoms with Gasteiger partial charge in [0.25, 0.3) is 29.5 Å². The number of fused-ring (bicyclic) bond motifs is 15. The summed E-state index contributed by atoms with van der Waals surface area (Å²) < 4.78 is 38.3. The van der Waals surface area contributed by atoms with Gasteiger partial charge in [0, 0.05) is 80.6 Å². The van der Waals surface area contributed by atoms with Gasteiger partial charge in [-0.1, -0.05) is 12.1 Å². The second-order valence-electron chi connectivity index (χ2n) is 25.1. The van der Waals surface area contributed by atoms with Crippen molar-refractivity contribution in [2.75, 3.05) is 33.6 Å². The number of benzene rings is 1. The minimum Gasteiger partial charge on any atom is -0.506 e. The van der Waals surface area contributed by atoms with Gasteiger partial charge < -0.3 is 86.2 Å². The fourth-order valence-corrected chi connectivity index (χ4v) is 17.7. The number of aliphatic hydroxyl groups excluding tert-OH is 1. The van der Waals surface area contributed by atoms with Crippen molar-refractivity contribution in [3.63, 3.8) is 0 Å². The monoisotopic (exact) mass is 1560 g/mol. The quantitative estimate of drug-likeness (QED) is 0.0329. The fourth-order valence-electron chi connectivity index (χ4n) is 12.6. The fraction of sp³-hybridized carbons (Fsp3) is 0.364. The van der Waals surface area contributed by atoms with E-state index in [9.17, 15) is 39.7 Å². The van der Waals surface area contributed by atoms with Crippen molar-refractivity contribution in [2.24, 2.45) is 5.73 Å². The zero-order valence-electron chi connectivity index (χ0n) is 56.9. The van der Waals surface area contributed by atoms with Crippen LogP contribution in [0.1, 0.15) is 130 Å². The van der Waals surface area contributed by atoms with Crippen LogP contribution in [0.4, 0.5) is 0 Å². The van der Waals surface area contributed by atoms with Crippen LogP contribution in [-0.2, 0) is 62.4 Å². The first-order valence-electron chi connectivity index (χ1n) is 32.4. The summed E-state index contributed by atoms with van der Waals surface area (Å²) in [7, 11) is 4.84. The molecule has 106 heavy (non-hydrogen) atoms. The van der Waals surface area contributed by atoms with E-state index in [1.54, 1.807) is 51.2 Å². The predicted octanol–water partition coefficient (Wildman–Crippen LogP) is 4.47. The Morgan fingerprint density at radius 2 is 1.57 bits per heavy atom. The number of aliphatic hydroxyl groups is 2. The number of aromatic nitrogens is 9. The highest BCUT2D eigenvalue weighted by Gasteiger charge is 2.50. The number of esters is 2. The van der Waals surface area contributed by atoms with E-state index in [0.29, 0.717) is 28.2 Å². The number of primary amides is 1. The summed E-state index contributed by atoms with van der Waals surface area (Å²) in [5, 5.41) is 67.0. The van der Waals surface area contributed by atoms with Crippen LogP contribution in [0.5, 0.6) is 5.75 Å². The number of cyclic esters (lactones) is 2. The number of thiazole rings is 5. The topological polar surface area (TPSA) is 470 Å². The molecule has 9 aromatic rings. The van der Waals surface area contributed by atoms with Crippen molar-refractivity contribution in [1.29, 1.82) is 0 Å². The predicted molar refractivity (Wildman–Crippen MR) is 383 cm³/mol. The lowest BCUT2D eigenvalue weighted by atomic mass is 9.85. The van der Waals surface area contributed by atoms with Crippen LogP contribution in [-0.4, -0.2) is 205 Å². The summed E-state index contributed by atoms with van der Waals surface area (Å²) in [6.45, 7) is 4.23. The Labute approximate surface area is 625 Å². The number of thioether (sulfide) groups is 1. The van der Waals surface area contributed by atoms with Gasteiger partial charge in [-0.25, -0.2) is 39.5 Å². The van der Waals surface area contributed by atoms with E-state index >= 15 is 19.2 Å². The van der Waals surface area contributed by atoms with E-state index in [4.69, 9.17) is 49.1 Å². The molecule has 1 saturated heterocycles. The molecule has 0 aliphatic carbocycles. The Morgan fingerprint density at radius 1 is 0.868 bits per heavy atom. The Balaban J connectivity index is 0.948. The third-order valence-corrected chi connectivity index (χ3v) is 23.1. The molecule has 4 aliphatic rings. The van der Waals surface area contributed by atoms with Crippen molar-refractivity contribution < 1.29 is 87.3 Å². The number of amides is 6. The number of aromatic hydroxyl groups is 1. The lowest BCUT2D eigenvalue weighted by Gasteiger charge is -2.48. The van der Waals surface area contributed by atoms with Crippen molar-refractivity contribution in [3.8, 4) is 38.4 Å². The van der Waals surface area contributed by atoms with Gasteiger partial charge in [0.15, 0.2) is 23.5 Å². The minimum absolute atomic E-state index is 0.00220. The molecular formula is C66H66N16O18S6. The van der Waals surface area contributed by atoms with Crippen LogP contribution in [0, 0.1) is 0 Å². The first kappa shape index (κ1) is 74.4. The molecule has 11 atom stereocenters. The molecule has 12 bridgehead atoms. The molecule has 8 aromatic heterocycles. The number of ether oxygens (including phenoxy) is 6. The van der Waals surface area contributed by atoms with Crippen LogP contribution < -0.4 is 32.3 Å². The number of methoxy groups -OCH3 is 1. The average molecular weight is 1560 g/mol. The smallest absolute Gasteiger partial charge is 0.358 e. The summed E-state index contributed by atoms with van der Waals surface area (Å²) >= 11 is 5.55. The molecule has 4 aliphatic heterocycles. The number of allylic oxidation sites excluding steroid dienone is 1. The molecule has 2 unspecified atom stereocenters. The number of nitrogens with zero attached hydrogens (tertiary/aromatic N) is 10. The number of hydrogen-bond donors (Lipinski definition) is 10. The van der Waals surface area contributed by atoms with E-state index in [0.717, 1.165) is 68.4 Å². The van der Waals surface area contributed by atoms with Gasteiger partial charge in [0.1, 0.15) is 120 Å². The van der Waals surface area contributed by atoms with E-state index in [2.05, 4.69) is 51.5 Å². The second-order valence-corrected chi connectivity index (χ2v) is 30.7. The van der Waals surface area contributed by atoms with Crippen molar-refractivity contribution in [1.82, 2.24) is 76.1 Å². The number of rotatable bonds is 13. The van der Waals surface area contributed by atoms with Crippen molar-refractivity contribution in [3.05, 3.63) is 136 Å².